The molecule has 8 nitrogen and oxygen atoms in total. The lowest BCUT2D eigenvalue weighted by molar-refractivity contribution is 0.0935. The Morgan fingerprint density at radius 2 is 1.92 bits per heavy atom. The number of hydrogen-bond donors (Lipinski definition) is 2. The van der Waals surface area contributed by atoms with Crippen LogP contribution in [0.4, 0.5) is 11.5 Å². The second-order valence-corrected chi connectivity index (χ2v) is 7.96. The van der Waals surface area contributed by atoms with Crippen molar-refractivity contribution >= 4 is 27.2 Å². The predicted molar refractivity (Wildman–Crippen MR) is 92.8 cm³/mol. The molecule has 1 aromatic heterocycles. The van der Waals surface area contributed by atoms with Gasteiger partial charge in [-0.05, 0) is 42.8 Å². The number of sulfone groups is 1. The monoisotopic (exact) mass is 362 g/mol. The number of aromatic nitrogens is 2. The fraction of sp³-hybridized carbons (Fsp3) is 0.312. The molecule has 0 aliphatic carbocycles. The van der Waals surface area contributed by atoms with Crippen molar-refractivity contribution in [3.8, 4) is 5.75 Å². The number of anilines is 2. The molecule has 0 saturated carbocycles. The van der Waals surface area contributed by atoms with Crippen molar-refractivity contribution in [1.29, 1.82) is 0 Å². The van der Waals surface area contributed by atoms with Gasteiger partial charge in [0.25, 0.3) is 5.91 Å². The molecule has 0 spiro atoms. The summed E-state index contributed by atoms with van der Waals surface area (Å²) in [6.45, 7) is 0. The second kappa shape index (κ2) is 7.06. The van der Waals surface area contributed by atoms with E-state index >= 15 is 0 Å². The number of nitrogens with zero attached hydrogens (tertiary/aromatic N) is 2. The maximum atomic E-state index is 12.1. The molecule has 1 aromatic carbocycles. The van der Waals surface area contributed by atoms with E-state index in [1.54, 1.807) is 13.2 Å². The Morgan fingerprint density at radius 3 is 2.48 bits per heavy atom. The molecule has 132 valence electrons. The van der Waals surface area contributed by atoms with Crippen LogP contribution >= 0.6 is 0 Å². The number of hydrogen-bond acceptors (Lipinski definition) is 7. The summed E-state index contributed by atoms with van der Waals surface area (Å²) in [5, 5.41) is 13.6. The van der Waals surface area contributed by atoms with Crippen molar-refractivity contribution < 1.29 is 17.9 Å². The summed E-state index contributed by atoms with van der Waals surface area (Å²) in [4.78, 5) is 12.1. The van der Waals surface area contributed by atoms with Crippen LogP contribution in [0.15, 0.2) is 36.4 Å². The number of ether oxygens (including phenoxy) is 1. The SMILES string of the molecule is COc1ccc(Nc2ccc(C(=O)NC3CCS(=O)(=O)C3)nn2)cc1. The van der Waals surface area contributed by atoms with E-state index in [1.807, 2.05) is 24.3 Å². The fourth-order valence-electron chi connectivity index (χ4n) is 2.51. The summed E-state index contributed by atoms with van der Waals surface area (Å²) >= 11 is 0. The Hall–Kier alpha value is -2.68. The average Bonchev–Trinajstić information content (AvgIpc) is 2.94. The van der Waals surface area contributed by atoms with Gasteiger partial charge in [-0.15, -0.1) is 10.2 Å². The molecular weight excluding hydrogens is 344 g/mol. The molecule has 2 N–H and O–H groups in total. The number of rotatable bonds is 5. The molecule has 2 aromatic rings. The van der Waals surface area contributed by atoms with Gasteiger partial charge in [0, 0.05) is 11.7 Å². The van der Waals surface area contributed by atoms with Crippen molar-refractivity contribution in [2.45, 2.75) is 12.5 Å². The number of methoxy groups -OCH3 is 1. The lowest BCUT2D eigenvalue weighted by Crippen LogP contribution is -2.36. The van der Waals surface area contributed by atoms with Gasteiger partial charge in [0.05, 0.1) is 18.6 Å². The zero-order chi connectivity index (χ0) is 17.9. The van der Waals surface area contributed by atoms with Crippen molar-refractivity contribution in [3.63, 3.8) is 0 Å². The van der Waals surface area contributed by atoms with Gasteiger partial charge in [-0.1, -0.05) is 0 Å². The zero-order valence-electron chi connectivity index (χ0n) is 13.6. The number of carbonyl (C=O) groups excluding carboxylic acids is 1. The molecule has 1 aliphatic rings. The van der Waals surface area contributed by atoms with Crippen LogP contribution in [0.3, 0.4) is 0 Å². The quantitative estimate of drug-likeness (QED) is 0.821. The molecule has 1 atom stereocenters. The molecule has 1 aliphatic heterocycles. The Labute approximate surface area is 145 Å². The number of nitrogens with one attached hydrogen (secondary N) is 2. The predicted octanol–water partition coefficient (Wildman–Crippen LogP) is 1.15. The second-order valence-electron chi connectivity index (χ2n) is 5.73. The van der Waals surface area contributed by atoms with E-state index in [0.717, 1.165) is 11.4 Å². The van der Waals surface area contributed by atoms with Crippen LogP contribution in [0, 0.1) is 0 Å². The van der Waals surface area contributed by atoms with Gasteiger partial charge in [-0.3, -0.25) is 4.79 Å². The average molecular weight is 362 g/mol. The van der Waals surface area contributed by atoms with E-state index in [0.29, 0.717) is 12.2 Å². The number of carbonyl (C=O) groups is 1. The standard InChI is InChI=1S/C16H18N4O4S/c1-24-13-4-2-11(3-5-13)17-15-7-6-14(19-20-15)16(21)18-12-8-9-25(22,23)10-12/h2-7,12H,8-10H2,1H3,(H,17,20)(H,18,21). The summed E-state index contributed by atoms with van der Waals surface area (Å²) in [5.74, 6) is 0.894. The zero-order valence-corrected chi connectivity index (χ0v) is 14.4. The molecule has 1 amide bonds. The molecule has 0 radical (unpaired) electrons. The molecule has 3 rings (SSSR count). The summed E-state index contributed by atoms with van der Waals surface area (Å²) in [5.41, 5.74) is 0.952. The van der Waals surface area contributed by atoms with Crippen LogP contribution in [-0.4, -0.2) is 49.2 Å². The Balaban J connectivity index is 1.60. The van der Waals surface area contributed by atoms with Crippen molar-refractivity contribution in [1.82, 2.24) is 15.5 Å². The Bertz CT molecular complexity index is 851. The van der Waals surface area contributed by atoms with E-state index in [4.69, 9.17) is 4.74 Å². The van der Waals surface area contributed by atoms with Crippen molar-refractivity contribution in [3.05, 3.63) is 42.1 Å². The summed E-state index contributed by atoms with van der Waals surface area (Å²) in [7, 11) is -1.44. The van der Waals surface area contributed by atoms with Gasteiger partial charge < -0.3 is 15.4 Å². The highest BCUT2D eigenvalue weighted by molar-refractivity contribution is 7.91. The van der Waals surface area contributed by atoms with Crippen LogP contribution in [0.1, 0.15) is 16.9 Å². The smallest absolute Gasteiger partial charge is 0.272 e. The molecule has 0 bridgehead atoms. The normalized spacial score (nSPS) is 18.5. The molecule has 9 heteroatoms. The van der Waals surface area contributed by atoms with Crippen LogP contribution in [0.5, 0.6) is 5.75 Å². The maximum absolute atomic E-state index is 12.1. The number of benzene rings is 1. The van der Waals surface area contributed by atoms with E-state index in [-0.39, 0.29) is 23.2 Å². The van der Waals surface area contributed by atoms with Gasteiger partial charge in [-0.2, -0.15) is 0 Å². The third-order valence-electron chi connectivity index (χ3n) is 3.83. The first kappa shape index (κ1) is 17.2. The third-order valence-corrected chi connectivity index (χ3v) is 5.60. The van der Waals surface area contributed by atoms with Gasteiger partial charge in [0.2, 0.25) is 0 Å². The largest absolute Gasteiger partial charge is 0.497 e. The minimum absolute atomic E-state index is 0.0245. The van der Waals surface area contributed by atoms with E-state index in [2.05, 4.69) is 20.8 Å². The van der Waals surface area contributed by atoms with Crippen LogP contribution in [0.25, 0.3) is 0 Å². The molecule has 1 saturated heterocycles. The minimum Gasteiger partial charge on any atom is -0.497 e. The first-order valence-electron chi connectivity index (χ1n) is 7.71. The number of amides is 1. The fourth-order valence-corrected chi connectivity index (χ4v) is 4.18. The maximum Gasteiger partial charge on any atom is 0.272 e. The Morgan fingerprint density at radius 1 is 1.16 bits per heavy atom. The highest BCUT2D eigenvalue weighted by atomic mass is 32.2. The van der Waals surface area contributed by atoms with Gasteiger partial charge in [-0.25, -0.2) is 8.42 Å². The van der Waals surface area contributed by atoms with Crippen LogP contribution in [0.2, 0.25) is 0 Å². The summed E-state index contributed by atoms with van der Waals surface area (Å²) in [6, 6.07) is 10.1. The van der Waals surface area contributed by atoms with Gasteiger partial charge in [0.1, 0.15) is 5.75 Å². The van der Waals surface area contributed by atoms with Crippen molar-refractivity contribution in [2.24, 2.45) is 0 Å². The van der Waals surface area contributed by atoms with Gasteiger partial charge >= 0.3 is 0 Å². The minimum atomic E-state index is -3.04. The van der Waals surface area contributed by atoms with E-state index in [9.17, 15) is 13.2 Å². The van der Waals surface area contributed by atoms with Crippen LogP contribution in [-0.2, 0) is 9.84 Å². The molecule has 2 heterocycles. The highest BCUT2D eigenvalue weighted by Gasteiger charge is 2.29. The lowest BCUT2D eigenvalue weighted by Gasteiger charge is -2.10. The topological polar surface area (TPSA) is 110 Å². The summed E-state index contributed by atoms with van der Waals surface area (Å²) in [6.07, 6.45) is 0.429. The Kier molecular flexibility index (Phi) is 4.84. The van der Waals surface area contributed by atoms with Crippen LogP contribution < -0.4 is 15.4 Å². The van der Waals surface area contributed by atoms with Gasteiger partial charge in [0.15, 0.2) is 21.3 Å². The molecule has 25 heavy (non-hydrogen) atoms. The van der Waals surface area contributed by atoms with E-state index in [1.165, 1.54) is 6.07 Å². The third kappa shape index (κ3) is 4.44. The highest BCUT2D eigenvalue weighted by Crippen LogP contribution is 2.18. The molecule has 1 fully saturated rings. The summed E-state index contributed by atoms with van der Waals surface area (Å²) < 4.78 is 27.9. The first-order valence-corrected chi connectivity index (χ1v) is 9.53. The van der Waals surface area contributed by atoms with E-state index < -0.39 is 15.7 Å². The first-order chi connectivity index (χ1) is 11.9. The lowest BCUT2D eigenvalue weighted by atomic mass is 10.2. The molecular formula is C16H18N4O4S. The van der Waals surface area contributed by atoms with Crippen molar-refractivity contribution in [2.75, 3.05) is 23.9 Å². The molecule has 1 unspecified atom stereocenters.